The average molecular weight is 150 g/mol. The van der Waals surface area contributed by atoms with Crippen molar-refractivity contribution in [2.75, 3.05) is 0 Å². The van der Waals surface area contributed by atoms with E-state index in [1.165, 1.54) is 0 Å². The van der Waals surface area contributed by atoms with E-state index >= 15 is 0 Å². The monoisotopic (exact) mass is 150 g/mol. The van der Waals surface area contributed by atoms with Gasteiger partial charge in [-0.3, -0.25) is 0 Å². The zero-order valence-electron chi connectivity index (χ0n) is 6.41. The average Bonchev–Trinajstić information content (AvgIpc) is 2.35. The number of rotatable bonds is 2. The standard InChI is InChI=1S/C9H10O2/c1-3-9(10)11-8-5-4-7(2)6-8/h3-6,8H,1H2,2H3. The Kier molecular flexibility index (Phi) is 2.26. The van der Waals surface area contributed by atoms with E-state index in [4.69, 9.17) is 4.74 Å². The molecule has 0 aromatic heterocycles. The third-order valence-electron chi connectivity index (χ3n) is 1.39. The van der Waals surface area contributed by atoms with Crippen LogP contribution in [0.1, 0.15) is 6.92 Å². The normalized spacial score (nSPS) is 21.2. The zero-order valence-corrected chi connectivity index (χ0v) is 6.41. The van der Waals surface area contributed by atoms with E-state index in [0.29, 0.717) is 0 Å². The van der Waals surface area contributed by atoms with Gasteiger partial charge in [-0.05, 0) is 19.1 Å². The van der Waals surface area contributed by atoms with E-state index in [9.17, 15) is 4.79 Å². The van der Waals surface area contributed by atoms with Gasteiger partial charge < -0.3 is 4.74 Å². The molecular weight excluding hydrogens is 140 g/mol. The van der Waals surface area contributed by atoms with Gasteiger partial charge in [0.15, 0.2) is 0 Å². The van der Waals surface area contributed by atoms with Crippen LogP contribution in [0.2, 0.25) is 0 Å². The Morgan fingerprint density at radius 1 is 1.82 bits per heavy atom. The quantitative estimate of drug-likeness (QED) is 0.441. The number of esters is 1. The molecule has 0 fully saturated rings. The van der Waals surface area contributed by atoms with Crippen LogP contribution in [0.3, 0.4) is 0 Å². The molecule has 1 unspecified atom stereocenters. The van der Waals surface area contributed by atoms with Crippen molar-refractivity contribution in [3.8, 4) is 0 Å². The first-order valence-electron chi connectivity index (χ1n) is 3.42. The number of hydrogen-bond acceptors (Lipinski definition) is 2. The van der Waals surface area contributed by atoms with Crippen LogP contribution in [0.5, 0.6) is 0 Å². The fourth-order valence-electron chi connectivity index (χ4n) is 0.872. The summed E-state index contributed by atoms with van der Waals surface area (Å²) in [6.45, 7) is 5.26. The van der Waals surface area contributed by atoms with Gasteiger partial charge in [-0.2, -0.15) is 0 Å². The summed E-state index contributed by atoms with van der Waals surface area (Å²) >= 11 is 0. The highest BCUT2D eigenvalue weighted by molar-refractivity contribution is 5.81. The van der Waals surface area contributed by atoms with Crippen LogP contribution in [-0.2, 0) is 9.53 Å². The third-order valence-corrected chi connectivity index (χ3v) is 1.39. The molecule has 58 valence electrons. The Hall–Kier alpha value is -1.31. The molecule has 0 heterocycles. The number of ether oxygens (including phenoxy) is 1. The summed E-state index contributed by atoms with van der Waals surface area (Å²) in [5.74, 6) is -0.384. The van der Waals surface area contributed by atoms with E-state index in [1.807, 2.05) is 25.2 Å². The molecule has 0 radical (unpaired) electrons. The number of hydrogen-bond donors (Lipinski definition) is 0. The first-order valence-corrected chi connectivity index (χ1v) is 3.42. The minimum atomic E-state index is -0.384. The van der Waals surface area contributed by atoms with Gasteiger partial charge >= 0.3 is 5.97 Å². The first kappa shape index (κ1) is 7.79. The summed E-state index contributed by atoms with van der Waals surface area (Å²) in [5.41, 5.74) is 1.12. The van der Waals surface area contributed by atoms with Gasteiger partial charge in [0.25, 0.3) is 0 Å². The highest BCUT2D eigenvalue weighted by Crippen LogP contribution is 2.11. The molecule has 1 atom stereocenters. The minimum Gasteiger partial charge on any atom is -0.451 e. The molecule has 11 heavy (non-hydrogen) atoms. The van der Waals surface area contributed by atoms with Crippen LogP contribution < -0.4 is 0 Å². The van der Waals surface area contributed by atoms with Crippen LogP contribution in [-0.4, -0.2) is 12.1 Å². The van der Waals surface area contributed by atoms with Crippen molar-refractivity contribution in [1.82, 2.24) is 0 Å². The molecule has 2 heteroatoms. The second kappa shape index (κ2) is 3.19. The number of allylic oxidation sites excluding steroid dienone is 2. The molecule has 2 nitrogen and oxygen atoms in total. The Balaban J connectivity index is 2.47. The molecule has 0 aromatic rings. The molecule has 0 saturated carbocycles. The topological polar surface area (TPSA) is 26.3 Å². The van der Waals surface area contributed by atoms with Crippen molar-refractivity contribution in [3.63, 3.8) is 0 Å². The fourth-order valence-corrected chi connectivity index (χ4v) is 0.872. The molecule has 0 aromatic carbocycles. The SMILES string of the molecule is C=CC(=O)OC1C=CC(C)=C1. The molecule has 0 aliphatic heterocycles. The van der Waals surface area contributed by atoms with Crippen molar-refractivity contribution < 1.29 is 9.53 Å². The second-order valence-corrected chi connectivity index (χ2v) is 2.38. The molecule has 1 rings (SSSR count). The Bertz CT molecular complexity index is 236. The lowest BCUT2D eigenvalue weighted by atomic mass is 10.3. The molecule has 0 saturated heterocycles. The molecule has 1 aliphatic rings. The maximum Gasteiger partial charge on any atom is 0.331 e. The Morgan fingerprint density at radius 3 is 3.00 bits per heavy atom. The molecular formula is C9H10O2. The lowest BCUT2D eigenvalue weighted by Gasteiger charge is -2.04. The van der Waals surface area contributed by atoms with Gasteiger partial charge in [-0.25, -0.2) is 4.79 Å². The molecule has 0 bridgehead atoms. The summed E-state index contributed by atoms with van der Waals surface area (Å²) in [7, 11) is 0. The summed E-state index contributed by atoms with van der Waals surface area (Å²) in [5, 5.41) is 0. The summed E-state index contributed by atoms with van der Waals surface area (Å²) in [6, 6.07) is 0. The van der Waals surface area contributed by atoms with Crippen molar-refractivity contribution in [2.24, 2.45) is 0 Å². The Labute approximate surface area is 65.9 Å². The van der Waals surface area contributed by atoms with Gasteiger partial charge in [0.1, 0.15) is 6.10 Å². The predicted octanol–water partition coefficient (Wildman–Crippen LogP) is 1.60. The van der Waals surface area contributed by atoms with Gasteiger partial charge in [0, 0.05) is 6.08 Å². The second-order valence-electron chi connectivity index (χ2n) is 2.38. The molecule has 0 amide bonds. The van der Waals surface area contributed by atoms with Crippen LogP contribution in [0.4, 0.5) is 0 Å². The van der Waals surface area contributed by atoms with E-state index in [-0.39, 0.29) is 12.1 Å². The summed E-state index contributed by atoms with van der Waals surface area (Å²) < 4.78 is 4.91. The lowest BCUT2D eigenvalue weighted by Crippen LogP contribution is -2.09. The maximum absolute atomic E-state index is 10.7. The van der Waals surface area contributed by atoms with Gasteiger partial charge in [-0.15, -0.1) is 0 Å². The Morgan fingerprint density at radius 2 is 2.55 bits per heavy atom. The van der Waals surface area contributed by atoms with E-state index in [1.54, 1.807) is 0 Å². The molecule has 0 spiro atoms. The molecule has 1 aliphatic carbocycles. The van der Waals surface area contributed by atoms with Gasteiger partial charge in [0.2, 0.25) is 0 Å². The van der Waals surface area contributed by atoms with Crippen LogP contribution in [0, 0.1) is 0 Å². The zero-order chi connectivity index (χ0) is 8.27. The minimum absolute atomic E-state index is 0.194. The predicted molar refractivity (Wildman–Crippen MR) is 43.0 cm³/mol. The van der Waals surface area contributed by atoms with Crippen molar-refractivity contribution in [2.45, 2.75) is 13.0 Å². The molecule has 0 N–H and O–H groups in total. The van der Waals surface area contributed by atoms with Crippen LogP contribution in [0.25, 0.3) is 0 Å². The fraction of sp³-hybridized carbons (Fsp3) is 0.222. The highest BCUT2D eigenvalue weighted by Gasteiger charge is 2.09. The largest absolute Gasteiger partial charge is 0.451 e. The highest BCUT2D eigenvalue weighted by atomic mass is 16.5. The number of carbonyl (C=O) groups is 1. The van der Waals surface area contributed by atoms with Crippen LogP contribution >= 0.6 is 0 Å². The van der Waals surface area contributed by atoms with E-state index in [0.717, 1.165) is 11.6 Å². The summed E-state index contributed by atoms with van der Waals surface area (Å²) in [4.78, 5) is 10.7. The third kappa shape index (κ3) is 2.08. The lowest BCUT2D eigenvalue weighted by molar-refractivity contribution is -0.139. The smallest absolute Gasteiger partial charge is 0.331 e. The van der Waals surface area contributed by atoms with Crippen molar-refractivity contribution in [3.05, 3.63) is 36.5 Å². The first-order chi connectivity index (χ1) is 5.22. The van der Waals surface area contributed by atoms with Crippen molar-refractivity contribution >= 4 is 5.97 Å². The van der Waals surface area contributed by atoms with E-state index < -0.39 is 0 Å². The van der Waals surface area contributed by atoms with Gasteiger partial charge in [-0.1, -0.05) is 18.2 Å². The van der Waals surface area contributed by atoms with Gasteiger partial charge in [0.05, 0.1) is 0 Å². The van der Waals surface area contributed by atoms with Crippen molar-refractivity contribution in [1.29, 1.82) is 0 Å². The van der Waals surface area contributed by atoms with Crippen LogP contribution in [0.15, 0.2) is 36.5 Å². The number of carbonyl (C=O) groups excluding carboxylic acids is 1. The maximum atomic E-state index is 10.7. The summed E-state index contributed by atoms with van der Waals surface area (Å²) in [6.07, 6.45) is 6.59. The van der Waals surface area contributed by atoms with E-state index in [2.05, 4.69) is 6.58 Å².